The van der Waals surface area contributed by atoms with Gasteiger partial charge in [-0.2, -0.15) is 0 Å². The molecule has 10 nitrogen and oxygen atoms in total. The molecule has 1 atom stereocenters. The number of carbonyl (C=O) groups is 3. The highest BCUT2D eigenvalue weighted by atomic mass is 19.1. The summed E-state index contributed by atoms with van der Waals surface area (Å²) >= 11 is 0. The van der Waals surface area contributed by atoms with Crippen LogP contribution in [0.4, 0.5) is 10.1 Å². The summed E-state index contributed by atoms with van der Waals surface area (Å²) < 4.78 is 19.9. The lowest BCUT2D eigenvalue weighted by molar-refractivity contribution is 0.0342. The number of amides is 3. The van der Waals surface area contributed by atoms with Gasteiger partial charge in [-0.25, -0.2) is 9.37 Å². The summed E-state index contributed by atoms with van der Waals surface area (Å²) in [5.41, 5.74) is 6.72. The predicted molar refractivity (Wildman–Crippen MR) is 131 cm³/mol. The van der Waals surface area contributed by atoms with E-state index in [0.717, 1.165) is 13.1 Å². The first kappa shape index (κ1) is 25.0. The molecule has 188 valence electrons. The normalized spacial score (nSPS) is 14.7. The van der Waals surface area contributed by atoms with Gasteiger partial charge in [0.25, 0.3) is 17.7 Å². The van der Waals surface area contributed by atoms with Crippen molar-refractivity contribution in [1.29, 1.82) is 0 Å². The smallest absolute Gasteiger partial charge is 0.271 e. The monoisotopic (exact) mass is 494 g/mol. The zero-order valence-electron chi connectivity index (χ0n) is 19.7. The topological polar surface area (TPSA) is 132 Å². The van der Waals surface area contributed by atoms with Gasteiger partial charge in [-0.3, -0.25) is 23.9 Å². The maximum atomic E-state index is 13.2. The number of halogens is 1. The molecule has 1 aromatic heterocycles. The van der Waals surface area contributed by atoms with Gasteiger partial charge in [0, 0.05) is 42.6 Å². The van der Waals surface area contributed by atoms with E-state index in [-0.39, 0.29) is 17.4 Å². The molecule has 4 N–H and O–H groups in total. The van der Waals surface area contributed by atoms with Gasteiger partial charge in [0.1, 0.15) is 17.8 Å². The van der Waals surface area contributed by atoms with E-state index in [1.165, 1.54) is 35.2 Å². The molecule has 1 unspecified atom stereocenters. The third kappa shape index (κ3) is 5.93. The van der Waals surface area contributed by atoms with E-state index in [1.807, 2.05) is 6.92 Å². The number of imidazole rings is 1. The number of nitrogens with zero attached hydrogens (tertiary/aromatic N) is 3. The Balaban J connectivity index is 1.49. The maximum absolute atomic E-state index is 13.2. The van der Waals surface area contributed by atoms with Crippen molar-refractivity contribution in [2.45, 2.75) is 13.0 Å². The average Bonchev–Trinajstić information content (AvgIpc) is 3.31. The van der Waals surface area contributed by atoms with Crippen LogP contribution in [0.25, 0.3) is 5.69 Å². The van der Waals surface area contributed by atoms with Crippen LogP contribution in [0.3, 0.4) is 0 Å². The van der Waals surface area contributed by atoms with Crippen molar-refractivity contribution in [3.8, 4) is 5.69 Å². The summed E-state index contributed by atoms with van der Waals surface area (Å²) in [5, 5.41) is 5.65. The van der Waals surface area contributed by atoms with Gasteiger partial charge < -0.3 is 21.1 Å². The lowest BCUT2D eigenvalue weighted by atomic mass is 10.2. The van der Waals surface area contributed by atoms with Crippen molar-refractivity contribution in [3.05, 3.63) is 77.6 Å². The van der Waals surface area contributed by atoms with Crippen molar-refractivity contribution in [1.82, 2.24) is 19.8 Å². The molecule has 2 aromatic carbocycles. The molecule has 0 spiro atoms. The lowest BCUT2D eigenvalue weighted by Crippen LogP contribution is -2.46. The highest BCUT2D eigenvalue weighted by molar-refractivity contribution is 6.05. The molecular formula is C25H27FN6O4. The number of primary amides is 1. The van der Waals surface area contributed by atoms with Crippen molar-refractivity contribution in [2.24, 2.45) is 5.73 Å². The molecule has 0 bridgehead atoms. The fourth-order valence-electron chi connectivity index (χ4n) is 3.96. The van der Waals surface area contributed by atoms with Crippen LogP contribution >= 0.6 is 0 Å². The minimum absolute atomic E-state index is 0.0272. The molecule has 1 aliphatic heterocycles. The van der Waals surface area contributed by atoms with Crippen LogP contribution in [0, 0.1) is 5.82 Å². The highest BCUT2D eigenvalue weighted by Gasteiger charge is 2.25. The maximum Gasteiger partial charge on any atom is 0.271 e. The summed E-state index contributed by atoms with van der Waals surface area (Å²) in [4.78, 5) is 43.8. The number of benzene rings is 2. The second-order valence-corrected chi connectivity index (χ2v) is 8.47. The number of morpholine rings is 1. The molecule has 11 heteroatoms. The molecule has 2 heterocycles. The highest BCUT2D eigenvalue weighted by Crippen LogP contribution is 2.19. The Morgan fingerprint density at radius 3 is 2.36 bits per heavy atom. The van der Waals surface area contributed by atoms with E-state index < -0.39 is 23.5 Å². The van der Waals surface area contributed by atoms with Gasteiger partial charge in [-0.1, -0.05) is 0 Å². The van der Waals surface area contributed by atoms with Gasteiger partial charge in [-0.15, -0.1) is 0 Å². The average molecular weight is 495 g/mol. The van der Waals surface area contributed by atoms with Crippen LogP contribution in [-0.2, 0) is 4.74 Å². The Bertz CT molecular complexity index is 1240. The zero-order chi connectivity index (χ0) is 25.7. The molecule has 3 aromatic rings. The van der Waals surface area contributed by atoms with E-state index in [9.17, 15) is 18.8 Å². The van der Waals surface area contributed by atoms with Crippen molar-refractivity contribution < 1.29 is 23.5 Å². The molecular weight excluding hydrogens is 467 g/mol. The Morgan fingerprint density at radius 2 is 1.72 bits per heavy atom. The third-order valence-corrected chi connectivity index (χ3v) is 5.74. The second-order valence-electron chi connectivity index (χ2n) is 8.47. The summed E-state index contributed by atoms with van der Waals surface area (Å²) in [6.45, 7) is 5.40. The molecule has 1 fully saturated rings. The molecule has 0 radical (unpaired) electrons. The van der Waals surface area contributed by atoms with Crippen LogP contribution in [0.1, 0.15) is 38.3 Å². The Kier molecular flexibility index (Phi) is 7.71. The summed E-state index contributed by atoms with van der Waals surface area (Å²) in [6, 6.07) is 11.6. The molecule has 3 amide bonds. The second kappa shape index (κ2) is 11.1. The standard InChI is InChI=1S/C25H27FN6O4/c1-16(14-31-10-12-36-13-11-31)29-25(35)22-21(23(27)33)28-15-32(22)20-8-6-19(7-9-20)30-24(34)17-2-4-18(26)5-3-17/h2-9,15-16H,10-14H2,1H3,(H2,27,33)(H,29,35)(H,30,34). The van der Waals surface area contributed by atoms with Crippen LogP contribution < -0.4 is 16.4 Å². The van der Waals surface area contributed by atoms with Gasteiger partial charge >= 0.3 is 0 Å². The summed E-state index contributed by atoms with van der Waals surface area (Å²) in [5.74, 6) is -2.11. The Labute approximate surface area is 207 Å². The number of hydrogen-bond donors (Lipinski definition) is 3. The number of carbonyl (C=O) groups excluding carboxylic acids is 3. The van der Waals surface area contributed by atoms with Crippen LogP contribution in [0.15, 0.2) is 54.9 Å². The molecule has 0 aliphatic carbocycles. The van der Waals surface area contributed by atoms with Crippen LogP contribution in [0.2, 0.25) is 0 Å². The van der Waals surface area contributed by atoms with Crippen molar-refractivity contribution in [3.63, 3.8) is 0 Å². The van der Waals surface area contributed by atoms with E-state index in [0.29, 0.717) is 36.7 Å². The molecule has 1 saturated heterocycles. The van der Waals surface area contributed by atoms with E-state index in [4.69, 9.17) is 10.5 Å². The Hall–Kier alpha value is -4.09. The number of hydrogen-bond acceptors (Lipinski definition) is 6. The first-order chi connectivity index (χ1) is 17.3. The largest absolute Gasteiger partial charge is 0.379 e. The quantitative estimate of drug-likeness (QED) is 0.438. The van der Waals surface area contributed by atoms with Crippen molar-refractivity contribution in [2.75, 3.05) is 38.2 Å². The molecule has 4 rings (SSSR count). The summed E-state index contributed by atoms with van der Waals surface area (Å²) in [6.07, 6.45) is 1.35. The van der Waals surface area contributed by atoms with Crippen LogP contribution in [0.5, 0.6) is 0 Å². The fourth-order valence-corrected chi connectivity index (χ4v) is 3.96. The SMILES string of the molecule is CC(CN1CCOCC1)NC(=O)c1c(C(N)=O)ncn1-c1ccc(NC(=O)c2ccc(F)cc2)cc1. The van der Waals surface area contributed by atoms with Gasteiger partial charge in [0.05, 0.1) is 13.2 Å². The van der Waals surface area contributed by atoms with Crippen LogP contribution in [-0.4, -0.2) is 71.1 Å². The molecule has 1 aliphatic rings. The van der Waals surface area contributed by atoms with E-state index >= 15 is 0 Å². The van der Waals surface area contributed by atoms with E-state index in [1.54, 1.807) is 24.3 Å². The minimum atomic E-state index is -0.817. The number of nitrogens with one attached hydrogen (secondary N) is 2. The fraction of sp³-hybridized carbons (Fsp3) is 0.280. The number of ether oxygens (including phenoxy) is 1. The first-order valence-electron chi connectivity index (χ1n) is 11.5. The number of aromatic nitrogens is 2. The predicted octanol–water partition coefficient (Wildman–Crippen LogP) is 1.81. The van der Waals surface area contributed by atoms with Crippen molar-refractivity contribution >= 4 is 23.4 Å². The van der Waals surface area contributed by atoms with Gasteiger partial charge in [0.15, 0.2) is 5.69 Å². The number of nitrogens with two attached hydrogens (primary N) is 1. The molecule has 36 heavy (non-hydrogen) atoms. The van der Waals surface area contributed by atoms with Gasteiger partial charge in [-0.05, 0) is 55.5 Å². The number of rotatable bonds is 8. The third-order valence-electron chi connectivity index (χ3n) is 5.74. The van der Waals surface area contributed by atoms with E-state index in [2.05, 4.69) is 20.5 Å². The number of anilines is 1. The molecule has 0 saturated carbocycles. The lowest BCUT2D eigenvalue weighted by Gasteiger charge is -2.29. The summed E-state index contributed by atoms with van der Waals surface area (Å²) in [7, 11) is 0. The van der Waals surface area contributed by atoms with Gasteiger partial charge in [0.2, 0.25) is 0 Å². The first-order valence-corrected chi connectivity index (χ1v) is 11.5. The zero-order valence-corrected chi connectivity index (χ0v) is 19.7. The minimum Gasteiger partial charge on any atom is -0.379 e. The Morgan fingerprint density at radius 1 is 1.06 bits per heavy atom.